The Morgan fingerprint density at radius 2 is 2.37 bits per heavy atom. The molecule has 7 nitrogen and oxygen atoms in total. The highest BCUT2D eigenvalue weighted by atomic mass is 16.6. The Hall–Kier alpha value is -2.88. The predicted octanol–water partition coefficient (Wildman–Crippen LogP) is 1.39. The van der Waals surface area contributed by atoms with E-state index in [1.807, 2.05) is 0 Å². The van der Waals surface area contributed by atoms with Gasteiger partial charge in [0.1, 0.15) is 0 Å². The van der Waals surface area contributed by atoms with E-state index in [9.17, 15) is 14.9 Å². The van der Waals surface area contributed by atoms with Crippen molar-refractivity contribution in [3.8, 4) is 11.8 Å². The molecule has 7 heteroatoms. The number of aromatic amines is 1. The van der Waals surface area contributed by atoms with Crippen LogP contribution in [-0.4, -0.2) is 27.7 Å². The second-order valence-electron chi connectivity index (χ2n) is 3.55. The number of fused-ring (bicyclic) bond motifs is 1. The summed E-state index contributed by atoms with van der Waals surface area (Å²) in [6, 6.07) is 2.88. The van der Waals surface area contributed by atoms with E-state index in [-0.39, 0.29) is 12.3 Å². The van der Waals surface area contributed by atoms with Crippen LogP contribution in [0.2, 0.25) is 0 Å². The Labute approximate surface area is 107 Å². The molecule has 0 saturated carbocycles. The average molecular weight is 259 g/mol. The van der Waals surface area contributed by atoms with Gasteiger partial charge >= 0.3 is 5.97 Å². The molecule has 1 heterocycles. The first-order valence-electron chi connectivity index (χ1n) is 5.42. The molecule has 0 bridgehead atoms. The van der Waals surface area contributed by atoms with Crippen molar-refractivity contribution in [3.05, 3.63) is 34.0 Å². The number of benzene rings is 1. The number of carbonyl (C=O) groups is 1. The van der Waals surface area contributed by atoms with E-state index in [1.165, 1.54) is 12.3 Å². The first-order chi connectivity index (χ1) is 9.11. The maximum absolute atomic E-state index is 11.1. The number of aromatic nitrogens is 2. The molecule has 0 aliphatic rings. The number of nitro groups is 1. The van der Waals surface area contributed by atoms with Crippen LogP contribution in [0.3, 0.4) is 0 Å². The molecule has 1 aromatic heterocycles. The van der Waals surface area contributed by atoms with Gasteiger partial charge in [-0.05, 0) is 13.0 Å². The Kier molecular flexibility index (Phi) is 3.43. The van der Waals surface area contributed by atoms with Gasteiger partial charge in [-0.1, -0.05) is 5.92 Å². The van der Waals surface area contributed by atoms with Crippen molar-refractivity contribution in [1.29, 1.82) is 0 Å². The molecule has 19 heavy (non-hydrogen) atoms. The van der Waals surface area contributed by atoms with Crippen LogP contribution in [0.25, 0.3) is 10.9 Å². The number of hydrogen-bond acceptors (Lipinski definition) is 5. The van der Waals surface area contributed by atoms with Crippen molar-refractivity contribution in [1.82, 2.24) is 10.2 Å². The molecule has 2 aromatic rings. The third-order valence-electron chi connectivity index (χ3n) is 2.32. The van der Waals surface area contributed by atoms with Crippen LogP contribution in [0, 0.1) is 22.0 Å². The number of hydrogen-bond donors (Lipinski definition) is 1. The zero-order valence-corrected chi connectivity index (χ0v) is 9.97. The number of non-ortho nitro benzene ring substituents is 1. The van der Waals surface area contributed by atoms with Crippen LogP contribution in [0.1, 0.15) is 12.5 Å². The lowest BCUT2D eigenvalue weighted by Crippen LogP contribution is -1.99. The highest BCUT2D eigenvalue weighted by Crippen LogP contribution is 2.25. The fourth-order valence-electron chi connectivity index (χ4n) is 1.55. The first-order valence-corrected chi connectivity index (χ1v) is 5.42. The van der Waals surface area contributed by atoms with Gasteiger partial charge in [-0.25, -0.2) is 4.79 Å². The molecule has 0 aliphatic carbocycles. The highest BCUT2D eigenvalue weighted by molar-refractivity contribution is 5.91. The van der Waals surface area contributed by atoms with Gasteiger partial charge in [-0.2, -0.15) is 5.10 Å². The fourth-order valence-corrected chi connectivity index (χ4v) is 1.55. The van der Waals surface area contributed by atoms with Gasteiger partial charge in [0, 0.05) is 17.6 Å². The lowest BCUT2D eigenvalue weighted by molar-refractivity contribution is -0.383. The Morgan fingerprint density at radius 3 is 3.05 bits per heavy atom. The van der Waals surface area contributed by atoms with Crippen molar-refractivity contribution >= 4 is 22.6 Å². The minimum atomic E-state index is -0.671. The second-order valence-corrected chi connectivity index (χ2v) is 3.55. The van der Waals surface area contributed by atoms with Crippen LogP contribution >= 0.6 is 0 Å². The molecule has 0 radical (unpaired) electrons. The normalized spacial score (nSPS) is 9.74. The van der Waals surface area contributed by atoms with E-state index in [0.717, 1.165) is 0 Å². The standard InChI is InChI=1S/C12H9N3O4/c1-2-19-12(16)4-3-8-5-10-9(7-13-14-10)11(6-8)15(17)18/h5-7H,2H2,1H3,(H,13,14). The van der Waals surface area contributed by atoms with Crippen molar-refractivity contribution < 1.29 is 14.5 Å². The summed E-state index contributed by atoms with van der Waals surface area (Å²) in [7, 11) is 0. The number of rotatable bonds is 2. The largest absolute Gasteiger partial charge is 0.456 e. The molecule has 0 atom stereocenters. The first kappa shape index (κ1) is 12.6. The van der Waals surface area contributed by atoms with Crippen LogP contribution in [-0.2, 0) is 9.53 Å². The molecule has 1 N–H and O–H groups in total. The van der Waals surface area contributed by atoms with Crippen molar-refractivity contribution in [3.63, 3.8) is 0 Å². The molecular weight excluding hydrogens is 250 g/mol. The maximum atomic E-state index is 11.1. The molecule has 0 aliphatic heterocycles. The topological polar surface area (TPSA) is 98.1 Å². The number of nitrogens with one attached hydrogen (secondary N) is 1. The summed E-state index contributed by atoms with van der Waals surface area (Å²) in [5.41, 5.74) is 0.721. The molecule has 0 saturated heterocycles. The summed E-state index contributed by atoms with van der Waals surface area (Å²) in [6.07, 6.45) is 1.37. The lowest BCUT2D eigenvalue weighted by atomic mass is 10.1. The van der Waals surface area contributed by atoms with E-state index in [2.05, 4.69) is 26.8 Å². The summed E-state index contributed by atoms with van der Waals surface area (Å²) in [5, 5.41) is 17.7. The van der Waals surface area contributed by atoms with Gasteiger partial charge in [0.2, 0.25) is 0 Å². The molecule has 1 aromatic carbocycles. The van der Waals surface area contributed by atoms with Gasteiger partial charge in [-0.3, -0.25) is 15.2 Å². The molecule has 96 valence electrons. The number of carbonyl (C=O) groups excluding carboxylic acids is 1. The summed E-state index contributed by atoms with van der Waals surface area (Å²) in [5.74, 6) is 4.11. The van der Waals surface area contributed by atoms with E-state index >= 15 is 0 Å². The molecular formula is C12H9N3O4. The van der Waals surface area contributed by atoms with Gasteiger partial charge in [0.05, 0.1) is 28.6 Å². The van der Waals surface area contributed by atoms with Crippen molar-refractivity contribution in [2.45, 2.75) is 6.92 Å². The predicted molar refractivity (Wildman–Crippen MR) is 66.3 cm³/mol. The number of nitro benzene ring substituents is 1. The maximum Gasteiger partial charge on any atom is 0.384 e. The van der Waals surface area contributed by atoms with E-state index in [0.29, 0.717) is 16.5 Å². The number of nitrogens with zero attached hydrogens (tertiary/aromatic N) is 2. The fraction of sp³-hybridized carbons (Fsp3) is 0.167. The number of ether oxygens (including phenoxy) is 1. The van der Waals surface area contributed by atoms with Crippen LogP contribution in [0.4, 0.5) is 5.69 Å². The molecule has 0 unspecified atom stereocenters. The minimum Gasteiger partial charge on any atom is -0.456 e. The zero-order chi connectivity index (χ0) is 13.8. The monoisotopic (exact) mass is 259 g/mol. The smallest absolute Gasteiger partial charge is 0.384 e. The Balaban J connectivity index is 2.44. The highest BCUT2D eigenvalue weighted by Gasteiger charge is 2.14. The minimum absolute atomic E-state index is 0.112. The average Bonchev–Trinajstić information content (AvgIpc) is 2.83. The quantitative estimate of drug-likeness (QED) is 0.380. The number of H-pyrrole nitrogens is 1. The summed E-state index contributed by atoms with van der Waals surface area (Å²) < 4.78 is 4.65. The zero-order valence-electron chi connectivity index (χ0n) is 9.97. The van der Waals surface area contributed by atoms with E-state index in [4.69, 9.17) is 0 Å². The van der Waals surface area contributed by atoms with Crippen LogP contribution in [0.5, 0.6) is 0 Å². The molecule has 0 amide bonds. The number of esters is 1. The third-order valence-corrected chi connectivity index (χ3v) is 2.32. The molecule has 0 spiro atoms. The van der Waals surface area contributed by atoms with Crippen LogP contribution < -0.4 is 0 Å². The lowest BCUT2D eigenvalue weighted by Gasteiger charge is -1.95. The SMILES string of the molecule is CCOC(=O)C#Cc1cc([N+](=O)[O-])c2cn[nH]c2c1. The van der Waals surface area contributed by atoms with E-state index < -0.39 is 10.9 Å². The van der Waals surface area contributed by atoms with Gasteiger partial charge in [-0.15, -0.1) is 0 Å². The Bertz CT molecular complexity index is 709. The van der Waals surface area contributed by atoms with Crippen molar-refractivity contribution in [2.24, 2.45) is 0 Å². The summed E-state index contributed by atoms with van der Waals surface area (Å²) in [4.78, 5) is 21.5. The van der Waals surface area contributed by atoms with Crippen molar-refractivity contribution in [2.75, 3.05) is 6.61 Å². The van der Waals surface area contributed by atoms with Gasteiger partial charge < -0.3 is 4.74 Å². The van der Waals surface area contributed by atoms with E-state index in [1.54, 1.807) is 13.0 Å². The van der Waals surface area contributed by atoms with Crippen LogP contribution in [0.15, 0.2) is 18.3 Å². The summed E-state index contributed by atoms with van der Waals surface area (Å²) >= 11 is 0. The summed E-state index contributed by atoms with van der Waals surface area (Å²) in [6.45, 7) is 1.90. The third kappa shape index (κ3) is 2.69. The van der Waals surface area contributed by atoms with Gasteiger partial charge in [0.25, 0.3) is 5.69 Å². The second kappa shape index (κ2) is 5.18. The molecule has 2 rings (SSSR count). The molecule has 0 fully saturated rings. The Morgan fingerprint density at radius 1 is 1.58 bits per heavy atom. The van der Waals surface area contributed by atoms with Gasteiger partial charge in [0.15, 0.2) is 0 Å².